The number of benzene rings is 1. The molecule has 0 radical (unpaired) electrons. The number of hydrogen-bond donors (Lipinski definition) is 1. The van der Waals surface area contributed by atoms with Crippen molar-refractivity contribution < 1.29 is 8.42 Å². The first-order chi connectivity index (χ1) is 7.53. The summed E-state index contributed by atoms with van der Waals surface area (Å²) in [6.45, 7) is 3.92. The summed E-state index contributed by atoms with van der Waals surface area (Å²) in [7, 11) is -1.29. The molecule has 0 unspecified atom stereocenters. The summed E-state index contributed by atoms with van der Waals surface area (Å²) in [4.78, 5) is 2.53. The third-order valence-electron chi connectivity index (χ3n) is 2.70. The van der Waals surface area contributed by atoms with Crippen molar-refractivity contribution in [1.82, 2.24) is 9.62 Å². The van der Waals surface area contributed by atoms with Crippen molar-refractivity contribution in [1.29, 1.82) is 0 Å². The topological polar surface area (TPSA) is 49.4 Å². The fraction of sp³-hybridized carbons (Fsp3) is 0.455. The Balaban J connectivity index is 2.36. The normalized spacial score (nSPS) is 16.4. The van der Waals surface area contributed by atoms with E-state index in [1.807, 2.05) is 13.1 Å². The molecular weight excluding hydrogens is 224 g/mol. The number of nitrogens with zero attached hydrogens (tertiary/aromatic N) is 1. The number of sulfonamides is 1. The van der Waals surface area contributed by atoms with Crippen molar-refractivity contribution in [3.63, 3.8) is 0 Å². The number of fused-ring (bicyclic) bond motifs is 1. The van der Waals surface area contributed by atoms with E-state index in [9.17, 15) is 8.42 Å². The average molecular weight is 240 g/mol. The third-order valence-corrected chi connectivity index (χ3v) is 4.25. The summed E-state index contributed by atoms with van der Waals surface area (Å²) >= 11 is 0. The Bertz CT molecular complexity index is 497. The van der Waals surface area contributed by atoms with E-state index in [2.05, 4.69) is 9.62 Å². The molecule has 16 heavy (non-hydrogen) atoms. The summed E-state index contributed by atoms with van der Waals surface area (Å²) in [6.07, 6.45) is 0. The minimum atomic E-state index is -3.32. The van der Waals surface area contributed by atoms with Gasteiger partial charge in [-0.3, -0.25) is 4.90 Å². The Labute approximate surface area is 96.3 Å². The van der Waals surface area contributed by atoms with E-state index in [1.165, 1.54) is 5.56 Å². The first-order valence-electron chi connectivity index (χ1n) is 5.33. The Kier molecular flexibility index (Phi) is 3.01. The Morgan fingerprint density at radius 2 is 2.00 bits per heavy atom. The maximum atomic E-state index is 11.8. The standard InChI is InChI=1S/C11H16N2O2S/c1-3-12-16(14,15)11-5-4-9-7-13(2)8-10(9)6-11/h4-6,12H,3,7-8H2,1-2H3. The van der Waals surface area contributed by atoms with Crippen LogP contribution in [0.4, 0.5) is 0 Å². The zero-order valence-electron chi connectivity index (χ0n) is 9.53. The molecule has 0 aromatic heterocycles. The molecule has 1 N–H and O–H groups in total. The highest BCUT2D eigenvalue weighted by molar-refractivity contribution is 7.89. The molecule has 0 spiro atoms. The molecule has 0 saturated heterocycles. The van der Waals surface area contributed by atoms with Crippen LogP contribution in [0.3, 0.4) is 0 Å². The van der Waals surface area contributed by atoms with Crippen LogP contribution in [0.1, 0.15) is 18.1 Å². The van der Waals surface area contributed by atoms with Crippen molar-refractivity contribution in [2.24, 2.45) is 0 Å². The molecular formula is C11H16N2O2S. The van der Waals surface area contributed by atoms with Crippen molar-refractivity contribution in [2.45, 2.75) is 24.9 Å². The Hall–Kier alpha value is -0.910. The van der Waals surface area contributed by atoms with Crippen molar-refractivity contribution in [3.8, 4) is 0 Å². The van der Waals surface area contributed by atoms with Gasteiger partial charge < -0.3 is 0 Å². The molecule has 4 nitrogen and oxygen atoms in total. The molecule has 1 heterocycles. The minimum absolute atomic E-state index is 0.364. The van der Waals surface area contributed by atoms with E-state index in [4.69, 9.17) is 0 Å². The highest BCUT2D eigenvalue weighted by Crippen LogP contribution is 2.24. The predicted molar refractivity (Wildman–Crippen MR) is 62.5 cm³/mol. The van der Waals surface area contributed by atoms with Crippen LogP contribution in [-0.4, -0.2) is 26.9 Å². The van der Waals surface area contributed by atoms with Gasteiger partial charge in [0.05, 0.1) is 4.90 Å². The van der Waals surface area contributed by atoms with E-state index in [1.54, 1.807) is 19.1 Å². The maximum absolute atomic E-state index is 11.8. The lowest BCUT2D eigenvalue weighted by Gasteiger charge is -2.06. The predicted octanol–water partition coefficient (Wildman–Crippen LogP) is 0.930. The Morgan fingerprint density at radius 3 is 2.69 bits per heavy atom. The fourth-order valence-corrected chi connectivity index (χ4v) is 3.07. The van der Waals surface area contributed by atoms with Gasteiger partial charge in [0.15, 0.2) is 0 Å². The van der Waals surface area contributed by atoms with Gasteiger partial charge in [0, 0.05) is 19.6 Å². The molecule has 1 aliphatic rings. The largest absolute Gasteiger partial charge is 0.298 e. The van der Waals surface area contributed by atoms with Gasteiger partial charge in [-0.2, -0.15) is 0 Å². The minimum Gasteiger partial charge on any atom is -0.298 e. The number of hydrogen-bond acceptors (Lipinski definition) is 3. The van der Waals surface area contributed by atoms with Crippen molar-refractivity contribution in [2.75, 3.05) is 13.6 Å². The second kappa shape index (κ2) is 4.16. The highest BCUT2D eigenvalue weighted by Gasteiger charge is 2.19. The van der Waals surface area contributed by atoms with Gasteiger partial charge in [0.1, 0.15) is 0 Å². The van der Waals surface area contributed by atoms with E-state index in [0.717, 1.165) is 18.7 Å². The molecule has 0 amide bonds. The van der Waals surface area contributed by atoms with Crippen LogP contribution < -0.4 is 4.72 Å². The molecule has 0 aliphatic carbocycles. The average Bonchev–Trinajstić information content (AvgIpc) is 2.56. The fourth-order valence-electron chi connectivity index (χ4n) is 1.98. The summed E-state index contributed by atoms with van der Waals surface area (Å²) < 4.78 is 26.1. The van der Waals surface area contributed by atoms with Gasteiger partial charge in [-0.1, -0.05) is 13.0 Å². The lowest BCUT2D eigenvalue weighted by molar-refractivity contribution is 0.353. The van der Waals surface area contributed by atoms with Crippen LogP contribution in [0.2, 0.25) is 0 Å². The molecule has 2 rings (SSSR count). The SMILES string of the molecule is CCNS(=O)(=O)c1ccc2c(c1)CN(C)C2. The highest BCUT2D eigenvalue weighted by atomic mass is 32.2. The van der Waals surface area contributed by atoms with Crippen molar-refractivity contribution >= 4 is 10.0 Å². The quantitative estimate of drug-likeness (QED) is 0.855. The van der Waals surface area contributed by atoms with Crippen LogP contribution in [-0.2, 0) is 23.1 Å². The van der Waals surface area contributed by atoms with E-state index >= 15 is 0 Å². The second-order valence-corrected chi connectivity index (χ2v) is 5.87. The van der Waals surface area contributed by atoms with Crippen LogP contribution in [0.25, 0.3) is 0 Å². The second-order valence-electron chi connectivity index (χ2n) is 4.10. The molecule has 1 aromatic rings. The van der Waals surface area contributed by atoms with Crippen LogP contribution in [0.5, 0.6) is 0 Å². The maximum Gasteiger partial charge on any atom is 0.240 e. The molecule has 88 valence electrons. The molecule has 1 aliphatic heterocycles. The van der Waals surface area contributed by atoms with Gasteiger partial charge in [0.2, 0.25) is 10.0 Å². The summed E-state index contributed by atoms with van der Waals surface area (Å²) in [5.41, 5.74) is 2.33. The first kappa shape index (κ1) is 11.6. The van der Waals surface area contributed by atoms with Gasteiger partial charge in [-0.05, 0) is 30.3 Å². The third kappa shape index (κ3) is 2.11. The summed E-state index contributed by atoms with van der Waals surface area (Å²) in [6, 6.07) is 5.36. The Morgan fingerprint density at radius 1 is 1.31 bits per heavy atom. The first-order valence-corrected chi connectivity index (χ1v) is 6.81. The van der Waals surface area contributed by atoms with E-state index < -0.39 is 10.0 Å². The molecule has 0 fully saturated rings. The van der Waals surface area contributed by atoms with Crippen LogP contribution in [0.15, 0.2) is 23.1 Å². The molecule has 0 saturated carbocycles. The van der Waals surface area contributed by atoms with Gasteiger partial charge in [-0.15, -0.1) is 0 Å². The lowest BCUT2D eigenvalue weighted by Crippen LogP contribution is -2.23. The number of rotatable bonds is 3. The molecule has 5 heteroatoms. The van der Waals surface area contributed by atoms with Gasteiger partial charge in [0.25, 0.3) is 0 Å². The number of nitrogens with one attached hydrogen (secondary N) is 1. The monoisotopic (exact) mass is 240 g/mol. The zero-order chi connectivity index (χ0) is 11.8. The van der Waals surface area contributed by atoms with Gasteiger partial charge >= 0.3 is 0 Å². The molecule has 0 atom stereocenters. The summed E-state index contributed by atoms with van der Waals surface area (Å²) in [5, 5.41) is 0. The van der Waals surface area contributed by atoms with Crippen LogP contribution >= 0.6 is 0 Å². The summed E-state index contributed by atoms with van der Waals surface area (Å²) in [5.74, 6) is 0. The zero-order valence-corrected chi connectivity index (χ0v) is 10.3. The molecule has 0 bridgehead atoms. The van der Waals surface area contributed by atoms with Crippen molar-refractivity contribution in [3.05, 3.63) is 29.3 Å². The van der Waals surface area contributed by atoms with E-state index in [0.29, 0.717) is 11.4 Å². The smallest absolute Gasteiger partial charge is 0.240 e. The van der Waals surface area contributed by atoms with E-state index in [-0.39, 0.29) is 0 Å². The van der Waals surface area contributed by atoms with Crippen LogP contribution in [0, 0.1) is 0 Å². The molecule has 1 aromatic carbocycles. The lowest BCUT2D eigenvalue weighted by atomic mass is 10.1. The van der Waals surface area contributed by atoms with Gasteiger partial charge in [-0.25, -0.2) is 13.1 Å².